The van der Waals surface area contributed by atoms with Gasteiger partial charge in [-0.25, -0.2) is 9.78 Å². The van der Waals surface area contributed by atoms with Crippen LogP contribution in [-0.2, 0) is 20.7 Å². The first-order valence-corrected chi connectivity index (χ1v) is 9.79. The van der Waals surface area contributed by atoms with Crippen LogP contribution in [0.1, 0.15) is 59.2 Å². The van der Waals surface area contributed by atoms with Crippen molar-refractivity contribution >= 4 is 30.6 Å². The Morgan fingerprint density at radius 2 is 1.93 bits per heavy atom. The Balaban J connectivity index is 2.20. The highest BCUT2D eigenvalue weighted by atomic mass is 32.1. The normalized spacial score (nSPS) is 19.3. The molecule has 1 aliphatic rings. The van der Waals surface area contributed by atoms with Gasteiger partial charge in [-0.15, -0.1) is 11.3 Å². The molecule has 1 fully saturated rings. The predicted molar refractivity (Wildman–Crippen MR) is 106 cm³/mol. The largest absolute Gasteiger partial charge is 0.492 e. The smallest absolute Gasteiger partial charge is 0.444 e. The van der Waals surface area contributed by atoms with Crippen molar-refractivity contribution in [2.24, 2.45) is 0 Å². The summed E-state index contributed by atoms with van der Waals surface area (Å²) in [6.45, 7) is 13.4. The first-order valence-electron chi connectivity index (χ1n) is 8.91. The van der Waals surface area contributed by atoms with Crippen molar-refractivity contribution in [1.82, 2.24) is 10.3 Å². The molecule has 0 aromatic carbocycles. The molecule has 7 nitrogen and oxygen atoms in total. The van der Waals surface area contributed by atoms with Gasteiger partial charge in [-0.2, -0.15) is 0 Å². The summed E-state index contributed by atoms with van der Waals surface area (Å²) in [6, 6.07) is 0. The number of nitrogens with zero attached hydrogens (tertiary/aromatic N) is 1. The third-order valence-corrected chi connectivity index (χ3v) is 5.27. The van der Waals surface area contributed by atoms with E-state index in [0.717, 1.165) is 5.47 Å². The van der Waals surface area contributed by atoms with Crippen LogP contribution in [0.5, 0.6) is 0 Å². The SMILES string of the molecule is CC(C)(C)OC(=O)NCC(=Cc1nc(CO)cs1)B1OC(C)(C)C(C)(C)O1. The highest BCUT2D eigenvalue weighted by molar-refractivity contribution is 7.10. The van der Waals surface area contributed by atoms with Gasteiger partial charge in [0, 0.05) is 11.9 Å². The molecule has 1 saturated heterocycles. The van der Waals surface area contributed by atoms with Crippen LogP contribution in [0.15, 0.2) is 10.9 Å². The number of hydrogen-bond donors (Lipinski definition) is 2. The Kier molecular flexibility index (Phi) is 6.41. The Hall–Kier alpha value is -1.42. The molecule has 0 bridgehead atoms. The van der Waals surface area contributed by atoms with Gasteiger partial charge in [0.25, 0.3) is 0 Å². The second-order valence-corrected chi connectivity index (χ2v) is 9.39. The van der Waals surface area contributed by atoms with Crippen LogP contribution in [0.2, 0.25) is 0 Å². The summed E-state index contributed by atoms with van der Waals surface area (Å²) in [5, 5.41) is 14.5. The van der Waals surface area contributed by atoms with E-state index in [0.29, 0.717) is 10.7 Å². The van der Waals surface area contributed by atoms with Crippen LogP contribution in [-0.4, -0.2) is 46.7 Å². The lowest BCUT2D eigenvalue weighted by Gasteiger charge is -2.32. The lowest BCUT2D eigenvalue weighted by molar-refractivity contribution is 0.00578. The highest BCUT2D eigenvalue weighted by Gasteiger charge is 2.52. The molecule has 150 valence electrons. The fourth-order valence-corrected chi connectivity index (χ4v) is 3.08. The number of aliphatic hydroxyl groups excluding tert-OH is 1. The molecule has 9 heteroatoms. The number of hydrogen-bond acceptors (Lipinski definition) is 7. The number of carbonyl (C=O) groups excluding carboxylic acids is 1. The van der Waals surface area contributed by atoms with Crippen molar-refractivity contribution in [3.8, 4) is 0 Å². The van der Waals surface area contributed by atoms with E-state index in [1.54, 1.807) is 5.38 Å². The summed E-state index contributed by atoms with van der Waals surface area (Å²) in [6.07, 6.45) is 1.31. The van der Waals surface area contributed by atoms with E-state index in [-0.39, 0.29) is 13.2 Å². The van der Waals surface area contributed by atoms with Gasteiger partial charge in [0.15, 0.2) is 0 Å². The fraction of sp³-hybridized carbons (Fsp3) is 0.667. The summed E-state index contributed by atoms with van der Waals surface area (Å²) < 4.78 is 17.5. The average Bonchev–Trinajstić information content (AvgIpc) is 3.03. The quantitative estimate of drug-likeness (QED) is 0.743. The van der Waals surface area contributed by atoms with Gasteiger partial charge in [0.1, 0.15) is 10.6 Å². The molecule has 1 aliphatic heterocycles. The van der Waals surface area contributed by atoms with Crippen LogP contribution in [0.25, 0.3) is 6.08 Å². The van der Waals surface area contributed by atoms with Crippen LogP contribution >= 0.6 is 11.3 Å². The average molecular weight is 396 g/mol. The van der Waals surface area contributed by atoms with Crippen molar-refractivity contribution in [1.29, 1.82) is 0 Å². The molecular formula is C18H29BN2O5S. The second-order valence-electron chi connectivity index (χ2n) is 8.50. The molecule has 0 spiro atoms. The lowest BCUT2D eigenvalue weighted by atomic mass is 9.77. The molecule has 1 aromatic rings. The number of carbonyl (C=O) groups is 1. The topological polar surface area (TPSA) is 89.9 Å². The second kappa shape index (κ2) is 7.91. The lowest BCUT2D eigenvalue weighted by Crippen LogP contribution is -2.41. The molecule has 2 heterocycles. The molecule has 1 amide bonds. The summed E-state index contributed by atoms with van der Waals surface area (Å²) in [7, 11) is -0.619. The molecule has 0 atom stereocenters. The monoisotopic (exact) mass is 396 g/mol. The fourth-order valence-electron chi connectivity index (χ4n) is 2.31. The molecule has 2 rings (SSSR count). The van der Waals surface area contributed by atoms with Crippen LogP contribution in [0.4, 0.5) is 4.79 Å². The standard InChI is InChI=1S/C18H29BN2O5S/c1-16(2,3)24-15(23)20-9-12(8-14-21-13(10-22)11-27-14)19-25-17(4,5)18(6,7)26-19/h8,11,22H,9-10H2,1-7H3,(H,20,23). The van der Waals surface area contributed by atoms with Crippen LogP contribution in [0, 0.1) is 0 Å². The molecule has 0 aliphatic carbocycles. The number of aromatic nitrogens is 1. The molecule has 1 aromatic heterocycles. The molecule has 0 unspecified atom stereocenters. The van der Waals surface area contributed by atoms with E-state index in [4.69, 9.17) is 14.0 Å². The summed E-state index contributed by atoms with van der Waals surface area (Å²) in [5.41, 5.74) is -0.259. The summed E-state index contributed by atoms with van der Waals surface area (Å²) in [4.78, 5) is 16.4. The zero-order valence-corrected chi connectivity index (χ0v) is 17.9. The number of aliphatic hydroxyl groups is 1. The maximum absolute atomic E-state index is 12.0. The Bertz CT molecular complexity index is 693. The summed E-state index contributed by atoms with van der Waals surface area (Å²) in [5.74, 6) is 0. The van der Waals surface area contributed by atoms with Crippen molar-refractivity contribution in [2.45, 2.75) is 71.9 Å². The van der Waals surface area contributed by atoms with Gasteiger partial charge in [-0.05, 0) is 60.0 Å². The summed E-state index contributed by atoms with van der Waals surface area (Å²) >= 11 is 1.40. The first-order chi connectivity index (χ1) is 12.3. The Labute approximate surface area is 165 Å². The van der Waals surface area contributed by atoms with Gasteiger partial charge in [-0.1, -0.05) is 0 Å². The predicted octanol–water partition coefficient (Wildman–Crippen LogP) is 3.17. The third kappa shape index (κ3) is 5.78. The minimum Gasteiger partial charge on any atom is -0.444 e. The zero-order valence-electron chi connectivity index (χ0n) is 17.1. The Morgan fingerprint density at radius 1 is 1.33 bits per heavy atom. The molecule has 0 radical (unpaired) electrons. The van der Waals surface area contributed by atoms with E-state index in [1.807, 2.05) is 54.5 Å². The Morgan fingerprint density at radius 3 is 2.41 bits per heavy atom. The van der Waals surface area contributed by atoms with Crippen molar-refractivity contribution < 1.29 is 23.9 Å². The van der Waals surface area contributed by atoms with Gasteiger partial charge in [0.05, 0.1) is 23.5 Å². The van der Waals surface area contributed by atoms with E-state index in [1.165, 1.54) is 11.3 Å². The van der Waals surface area contributed by atoms with Gasteiger partial charge in [0.2, 0.25) is 0 Å². The third-order valence-electron chi connectivity index (χ3n) is 4.43. The number of rotatable bonds is 5. The molecule has 2 N–H and O–H groups in total. The number of thiazole rings is 1. The molecule has 0 saturated carbocycles. The van der Waals surface area contributed by atoms with E-state index in [9.17, 15) is 9.90 Å². The minimum atomic E-state index is -0.619. The van der Waals surface area contributed by atoms with E-state index < -0.39 is 30.0 Å². The van der Waals surface area contributed by atoms with Crippen molar-refractivity contribution in [3.63, 3.8) is 0 Å². The number of alkyl carbamates (subject to hydrolysis) is 1. The zero-order chi connectivity index (χ0) is 20.5. The maximum Gasteiger partial charge on any atom is 0.492 e. The van der Waals surface area contributed by atoms with Crippen LogP contribution < -0.4 is 5.32 Å². The molecular weight excluding hydrogens is 367 g/mol. The van der Waals surface area contributed by atoms with Gasteiger partial charge >= 0.3 is 13.2 Å². The van der Waals surface area contributed by atoms with Crippen molar-refractivity contribution in [2.75, 3.05) is 6.54 Å². The first kappa shape index (κ1) is 21.9. The van der Waals surface area contributed by atoms with E-state index in [2.05, 4.69) is 10.3 Å². The van der Waals surface area contributed by atoms with Crippen molar-refractivity contribution in [3.05, 3.63) is 21.6 Å². The van der Waals surface area contributed by atoms with Gasteiger partial charge < -0.3 is 24.5 Å². The maximum atomic E-state index is 12.0. The minimum absolute atomic E-state index is 0.119. The highest BCUT2D eigenvalue weighted by Crippen LogP contribution is 2.38. The number of nitrogens with one attached hydrogen (secondary N) is 1. The van der Waals surface area contributed by atoms with E-state index >= 15 is 0 Å². The number of ether oxygens (including phenoxy) is 1. The van der Waals surface area contributed by atoms with Gasteiger partial charge in [-0.3, -0.25) is 0 Å². The van der Waals surface area contributed by atoms with Crippen LogP contribution in [0.3, 0.4) is 0 Å². The number of amides is 1. The molecule has 27 heavy (non-hydrogen) atoms.